The van der Waals surface area contributed by atoms with Crippen molar-refractivity contribution in [3.8, 4) is 0 Å². The van der Waals surface area contributed by atoms with E-state index in [1.165, 1.54) is 0 Å². The lowest BCUT2D eigenvalue weighted by molar-refractivity contribution is 0.0701. The Bertz CT molecular complexity index is 1340. The second kappa shape index (κ2) is 6.89. The molecule has 2 aromatic heterocycles. The van der Waals surface area contributed by atoms with Crippen LogP contribution in [0.3, 0.4) is 0 Å². The van der Waals surface area contributed by atoms with Gasteiger partial charge in [-0.05, 0) is 66.9 Å². The van der Waals surface area contributed by atoms with E-state index in [1.807, 2.05) is 38.1 Å². The third-order valence-corrected chi connectivity index (χ3v) is 5.93. The summed E-state index contributed by atoms with van der Waals surface area (Å²) >= 11 is 6.06. The fraction of sp³-hybridized carbons (Fsp3) is 0.167. The molecule has 1 aliphatic rings. The highest BCUT2D eigenvalue weighted by atomic mass is 35.5. The topological polar surface area (TPSA) is 63.7 Å². The maximum absolute atomic E-state index is 13.5. The summed E-state index contributed by atoms with van der Waals surface area (Å²) in [6.07, 6.45) is 1.56. The van der Waals surface area contributed by atoms with Gasteiger partial charge in [0.05, 0.1) is 29.8 Å². The highest BCUT2D eigenvalue weighted by Crippen LogP contribution is 2.39. The highest BCUT2D eigenvalue weighted by Gasteiger charge is 2.43. The summed E-state index contributed by atoms with van der Waals surface area (Å²) in [6, 6.07) is 13.8. The average molecular weight is 420 g/mol. The Kier molecular flexibility index (Phi) is 4.29. The third kappa shape index (κ3) is 2.85. The molecular formula is C24H18ClNO4. The summed E-state index contributed by atoms with van der Waals surface area (Å²) in [5.74, 6) is 0.375. The van der Waals surface area contributed by atoms with Gasteiger partial charge < -0.3 is 13.7 Å². The number of carbonyl (C=O) groups excluding carboxylic acids is 1. The first kappa shape index (κ1) is 18.7. The second-order valence-electron chi connectivity index (χ2n) is 7.57. The molecule has 6 heteroatoms. The van der Waals surface area contributed by atoms with Crippen molar-refractivity contribution < 1.29 is 13.6 Å². The molecular weight excluding hydrogens is 402 g/mol. The summed E-state index contributed by atoms with van der Waals surface area (Å²) < 4.78 is 11.5. The third-order valence-electron chi connectivity index (χ3n) is 5.67. The fourth-order valence-corrected chi connectivity index (χ4v) is 4.13. The SMILES string of the molecule is Cc1cc2oc3c(c(=O)c2cc1C)[C@H](c1ccc(Cl)cc1)N(Cc1ccco1)C3=O. The number of aryl methyl sites for hydroxylation is 2. The lowest BCUT2D eigenvalue weighted by Gasteiger charge is -2.24. The summed E-state index contributed by atoms with van der Waals surface area (Å²) in [6.45, 7) is 4.12. The van der Waals surface area contributed by atoms with Crippen molar-refractivity contribution >= 4 is 28.5 Å². The minimum Gasteiger partial charge on any atom is -0.467 e. The molecule has 0 saturated heterocycles. The van der Waals surface area contributed by atoms with Gasteiger partial charge in [-0.1, -0.05) is 23.7 Å². The standard InChI is InChI=1S/C24H18ClNO4/c1-13-10-18-19(11-14(13)2)30-23-20(22(18)27)21(15-5-7-16(25)8-6-15)26(24(23)28)12-17-4-3-9-29-17/h3-11,21H,12H2,1-2H3/t21-/m0/s1. The molecule has 0 bridgehead atoms. The van der Waals surface area contributed by atoms with E-state index in [2.05, 4.69) is 0 Å². The molecule has 5 nitrogen and oxygen atoms in total. The molecule has 150 valence electrons. The molecule has 1 atom stereocenters. The monoisotopic (exact) mass is 419 g/mol. The smallest absolute Gasteiger partial charge is 0.291 e. The van der Waals surface area contributed by atoms with Gasteiger partial charge in [0.25, 0.3) is 5.91 Å². The van der Waals surface area contributed by atoms with Crippen LogP contribution in [0.15, 0.2) is 68.4 Å². The Morgan fingerprint density at radius 1 is 1.03 bits per heavy atom. The predicted molar refractivity (Wildman–Crippen MR) is 114 cm³/mol. The zero-order chi connectivity index (χ0) is 21.0. The van der Waals surface area contributed by atoms with Crippen molar-refractivity contribution in [2.24, 2.45) is 0 Å². The van der Waals surface area contributed by atoms with Crippen molar-refractivity contribution in [1.29, 1.82) is 0 Å². The van der Waals surface area contributed by atoms with Gasteiger partial charge in [-0.25, -0.2) is 0 Å². The number of furan rings is 1. The number of benzene rings is 2. The second-order valence-corrected chi connectivity index (χ2v) is 8.01. The molecule has 30 heavy (non-hydrogen) atoms. The number of fused-ring (bicyclic) bond motifs is 2. The number of carbonyl (C=O) groups is 1. The molecule has 1 amide bonds. The Labute approximate surface area is 177 Å². The first-order chi connectivity index (χ1) is 14.4. The van der Waals surface area contributed by atoms with E-state index in [9.17, 15) is 9.59 Å². The van der Waals surface area contributed by atoms with Crippen LogP contribution < -0.4 is 5.43 Å². The number of nitrogens with zero attached hydrogens (tertiary/aromatic N) is 1. The van der Waals surface area contributed by atoms with Gasteiger partial charge in [0.2, 0.25) is 5.76 Å². The van der Waals surface area contributed by atoms with Gasteiger partial charge in [-0.2, -0.15) is 0 Å². The van der Waals surface area contributed by atoms with Gasteiger partial charge in [-0.3, -0.25) is 9.59 Å². The molecule has 1 aliphatic heterocycles. The maximum atomic E-state index is 13.5. The lowest BCUT2D eigenvalue weighted by Crippen LogP contribution is -2.29. The van der Waals surface area contributed by atoms with E-state index < -0.39 is 6.04 Å². The number of amides is 1. The Morgan fingerprint density at radius 3 is 2.47 bits per heavy atom. The van der Waals surface area contributed by atoms with Crippen molar-refractivity contribution in [1.82, 2.24) is 4.90 Å². The normalized spacial score (nSPS) is 15.8. The van der Waals surface area contributed by atoms with Gasteiger partial charge in [0, 0.05) is 5.02 Å². The van der Waals surface area contributed by atoms with Crippen LogP contribution in [0, 0.1) is 13.8 Å². The van der Waals surface area contributed by atoms with Crippen LogP contribution in [-0.2, 0) is 6.54 Å². The largest absolute Gasteiger partial charge is 0.467 e. The van der Waals surface area contributed by atoms with Crippen LogP contribution in [0.1, 0.15) is 44.6 Å². The Balaban J connectivity index is 1.76. The van der Waals surface area contributed by atoms with Crippen LogP contribution in [-0.4, -0.2) is 10.8 Å². The predicted octanol–water partition coefficient (Wildman–Crippen LogP) is 5.40. The lowest BCUT2D eigenvalue weighted by atomic mass is 9.97. The zero-order valence-corrected chi connectivity index (χ0v) is 17.2. The van der Waals surface area contributed by atoms with E-state index in [-0.39, 0.29) is 23.6 Å². The number of hydrogen-bond donors (Lipinski definition) is 0. The summed E-state index contributed by atoms with van der Waals surface area (Å²) in [5.41, 5.74) is 3.36. The molecule has 0 fully saturated rings. The quantitative estimate of drug-likeness (QED) is 0.446. The average Bonchev–Trinajstić information content (AvgIpc) is 3.33. The molecule has 0 unspecified atom stereocenters. The summed E-state index contributed by atoms with van der Waals surface area (Å²) in [4.78, 5) is 28.5. The molecule has 0 saturated carbocycles. The van der Waals surface area contributed by atoms with Crippen molar-refractivity contribution in [3.05, 3.63) is 104 Å². The maximum Gasteiger partial charge on any atom is 0.291 e. The van der Waals surface area contributed by atoms with Gasteiger partial charge in [0.1, 0.15) is 11.3 Å². The van der Waals surface area contributed by atoms with Crippen LogP contribution >= 0.6 is 11.6 Å². The van der Waals surface area contributed by atoms with Gasteiger partial charge >= 0.3 is 0 Å². The Morgan fingerprint density at radius 2 is 1.77 bits per heavy atom. The molecule has 0 spiro atoms. The van der Waals surface area contributed by atoms with E-state index >= 15 is 0 Å². The highest BCUT2D eigenvalue weighted by molar-refractivity contribution is 6.30. The van der Waals surface area contributed by atoms with Crippen molar-refractivity contribution in [2.45, 2.75) is 26.4 Å². The minimum atomic E-state index is -0.586. The van der Waals surface area contributed by atoms with E-state index in [4.69, 9.17) is 20.4 Å². The van der Waals surface area contributed by atoms with Crippen LogP contribution in [0.4, 0.5) is 0 Å². The number of rotatable bonds is 3. The molecule has 3 heterocycles. The number of hydrogen-bond acceptors (Lipinski definition) is 4. The van der Waals surface area contributed by atoms with Crippen LogP contribution in [0.5, 0.6) is 0 Å². The fourth-order valence-electron chi connectivity index (χ4n) is 4.00. The van der Waals surface area contributed by atoms with Gasteiger partial charge in [-0.15, -0.1) is 0 Å². The molecule has 0 aliphatic carbocycles. The minimum absolute atomic E-state index is 0.0854. The Hall–Kier alpha value is -3.31. The van der Waals surface area contributed by atoms with E-state index in [0.717, 1.165) is 16.7 Å². The zero-order valence-electron chi connectivity index (χ0n) is 16.4. The molecule has 5 rings (SSSR count). The molecule has 2 aromatic carbocycles. The first-order valence-corrected chi connectivity index (χ1v) is 9.98. The molecule has 0 N–H and O–H groups in total. The van der Waals surface area contributed by atoms with E-state index in [1.54, 1.807) is 35.4 Å². The molecule has 0 radical (unpaired) electrons. The van der Waals surface area contributed by atoms with Crippen LogP contribution in [0.25, 0.3) is 11.0 Å². The molecule has 4 aromatic rings. The van der Waals surface area contributed by atoms with Crippen LogP contribution in [0.2, 0.25) is 5.02 Å². The first-order valence-electron chi connectivity index (χ1n) is 9.61. The summed E-state index contributed by atoms with van der Waals surface area (Å²) in [7, 11) is 0. The summed E-state index contributed by atoms with van der Waals surface area (Å²) in [5, 5.41) is 1.06. The van der Waals surface area contributed by atoms with E-state index in [0.29, 0.717) is 27.3 Å². The van der Waals surface area contributed by atoms with Crippen molar-refractivity contribution in [2.75, 3.05) is 0 Å². The number of halogens is 1. The van der Waals surface area contributed by atoms with Crippen molar-refractivity contribution in [3.63, 3.8) is 0 Å². The van der Waals surface area contributed by atoms with Gasteiger partial charge in [0.15, 0.2) is 5.43 Å².